The van der Waals surface area contributed by atoms with Crippen molar-refractivity contribution in [3.05, 3.63) is 24.4 Å². The highest BCUT2D eigenvalue weighted by Crippen LogP contribution is 2.29. The first-order valence-corrected chi connectivity index (χ1v) is 6.33. The minimum Gasteiger partial charge on any atom is -0.296 e. The molecule has 0 aromatic carbocycles. The van der Waals surface area contributed by atoms with Crippen LogP contribution >= 0.6 is 0 Å². The summed E-state index contributed by atoms with van der Waals surface area (Å²) < 4.78 is 1.94. The Kier molecular flexibility index (Phi) is 3.05. The molecule has 0 radical (unpaired) electrons. The summed E-state index contributed by atoms with van der Waals surface area (Å²) in [4.78, 5) is 13.9. The van der Waals surface area contributed by atoms with Crippen molar-refractivity contribution in [1.82, 2.24) is 9.78 Å². The summed E-state index contributed by atoms with van der Waals surface area (Å²) in [5.74, 6) is 1.31. The maximum atomic E-state index is 12.1. The Morgan fingerprint density at radius 1 is 1.50 bits per heavy atom. The third kappa shape index (κ3) is 2.19. The second-order valence-electron chi connectivity index (χ2n) is 5.93. The van der Waals surface area contributed by atoms with Crippen LogP contribution in [0.1, 0.15) is 32.9 Å². The van der Waals surface area contributed by atoms with E-state index in [0.29, 0.717) is 13.0 Å². The number of carbonyl (C=O) groups excluding carboxylic acids is 1. The van der Waals surface area contributed by atoms with Crippen LogP contribution in [-0.2, 0) is 10.3 Å². The molecular weight excluding hydrogens is 226 g/mol. The van der Waals surface area contributed by atoms with Crippen LogP contribution in [-0.4, -0.2) is 22.2 Å². The first-order chi connectivity index (χ1) is 8.32. The highest BCUT2D eigenvalue weighted by atomic mass is 16.2. The average Bonchev–Trinajstić information content (AvgIpc) is 2.80. The van der Waals surface area contributed by atoms with Gasteiger partial charge in [0.1, 0.15) is 5.82 Å². The second-order valence-corrected chi connectivity index (χ2v) is 5.93. The molecular formula is C14H21N3O. The van der Waals surface area contributed by atoms with Gasteiger partial charge < -0.3 is 0 Å². The van der Waals surface area contributed by atoms with E-state index in [0.717, 1.165) is 11.5 Å². The molecule has 1 aliphatic rings. The number of aryl methyl sites for hydroxylation is 1. The van der Waals surface area contributed by atoms with E-state index in [1.807, 2.05) is 28.6 Å². The summed E-state index contributed by atoms with van der Waals surface area (Å²) in [5.41, 5.74) is 0.811. The van der Waals surface area contributed by atoms with Crippen molar-refractivity contribution in [2.75, 3.05) is 11.4 Å². The van der Waals surface area contributed by atoms with E-state index >= 15 is 0 Å². The van der Waals surface area contributed by atoms with Crippen LogP contribution in [0.5, 0.6) is 0 Å². The fourth-order valence-electron chi connectivity index (χ4n) is 2.29. The molecule has 4 heteroatoms. The SMILES string of the molecule is C=CC1CC(=O)N(c2cc(C)nn2C(C)(C)C)C1. The van der Waals surface area contributed by atoms with E-state index in [4.69, 9.17) is 0 Å². The van der Waals surface area contributed by atoms with Gasteiger partial charge in [0, 0.05) is 24.9 Å². The molecule has 1 fully saturated rings. The van der Waals surface area contributed by atoms with Crippen LogP contribution in [0.25, 0.3) is 0 Å². The van der Waals surface area contributed by atoms with E-state index in [9.17, 15) is 4.79 Å². The lowest BCUT2D eigenvalue weighted by Gasteiger charge is -2.26. The molecule has 2 rings (SSSR count). The molecule has 1 aromatic rings. The maximum absolute atomic E-state index is 12.1. The van der Waals surface area contributed by atoms with Crippen molar-refractivity contribution in [3.63, 3.8) is 0 Å². The first-order valence-electron chi connectivity index (χ1n) is 6.33. The van der Waals surface area contributed by atoms with Gasteiger partial charge in [0.2, 0.25) is 5.91 Å². The Hall–Kier alpha value is -1.58. The van der Waals surface area contributed by atoms with Crippen molar-refractivity contribution in [2.45, 2.75) is 39.7 Å². The number of hydrogen-bond acceptors (Lipinski definition) is 2. The Bertz CT molecular complexity index is 482. The van der Waals surface area contributed by atoms with Gasteiger partial charge in [-0.3, -0.25) is 9.69 Å². The first kappa shape index (κ1) is 12.9. The molecule has 1 amide bonds. The van der Waals surface area contributed by atoms with E-state index in [1.54, 1.807) is 0 Å². The smallest absolute Gasteiger partial charge is 0.228 e. The van der Waals surface area contributed by atoms with Crippen molar-refractivity contribution >= 4 is 11.7 Å². The number of aromatic nitrogens is 2. The summed E-state index contributed by atoms with van der Waals surface area (Å²) >= 11 is 0. The predicted octanol–water partition coefficient (Wildman–Crippen LogP) is 2.49. The third-order valence-electron chi connectivity index (χ3n) is 3.21. The van der Waals surface area contributed by atoms with Crippen molar-refractivity contribution in [2.24, 2.45) is 5.92 Å². The zero-order valence-corrected chi connectivity index (χ0v) is 11.6. The second kappa shape index (κ2) is 4.26. The lowest BCUT2D eigenvalue weighted by molar-refractivity contribution is -0.117. The highest BCUT2D eigenvalue weighted by molar-refractivity contribution is 5.95. The molecule has 0 spiro atoms. The lowest BCUT2D eigenvalue weighted by atomic mass is 10.1. The van der Waals surface area contributed by atoms with Gasteiger partial charge in [0.05, 0.1) is 11.2 Å². The topological polar surface area (TPSA) is 38.1 Å². The predicted molar refractivity (Wildman–Crippen MR) is 72.6 cm³/mol. The molecule has 1 aromatic heterocycles. The largest absolute Gasteiger partial charge is 0.296 e. The molecule has 1 unspecified atom stereocenters. The average molecular weight is 247 g/mol. The standard InChI is InChI=1S/C14H21N3O/c1-6-11-8-13(18)16(9-11)12-7-10(2)15-17(12)14(3,4)5/h6-7,11H,1,8-9H2,2-5H3. The quantitative estimate of drug-likeness (QED) is 0.753. The van der Waals surface area contributed by atoms with Crippen LogP contribution in [0, 0.1) is 12.8 Å². The molecule has 0 saturated carbocycles. The third-order valence-corrected chi connectivity index (χ3v) is 3.21. The van der Waals surface area contributed by atoms with Gasteiger partial charge in [-0.2, -0.15) is 5.10 Å². The van der Waals surface area contributed by atoms with Crippen LogP contribution in [0.3, 0.4) is 0 Å². The number of anilines is 1. The number of amides is 1. The van der Waals surface area contributed by atoms with Crippen LogP contribution in [0.2, 0.25) is 0 Å². The zero-order chi connectivity index (χ0) is 13.5. The maximum Gasteiger partial charge on any atom is 0.228 e. The molecule has 0 aliphatic carbocycles. The van der Waals surface area contributed by atoms with Crippen LogP contribution < -0.4 is 4.90 Å². The van der Waals surface area contributed by atoms with Gasteiger partial charge in [0.25, 0.3) is 0 Å². The Balaban J connectivity index is 2.40. The molecule has 0 N–H and O–H groups in total. The van der Waals surface area contributed by atoms with Crippen molar-refractivity contribution in [3.8, 4) is 0 Å². The van der Waals surface area contributed by atoms with E-state index in [1.165, 1.54) is 0 Å². The number of carbonyl (C=O) groups is 1. The molecule has 98 valence electrons. The zero-order valence-electron chi connectivity index (χ0n) is 11.6. The van der Waals surface area contributed by atoms with Gasteiger partial charge >= 0.3 is 0 Å². The van der Waals surface area contributed by atoms with Gasteiger partial charge in [0.15, 0.2) is 0 Å². The van der Waals surface area contributed by atoms with Crippen LogP contribution in [0.15, 0.2) is 18.7 Å². The van der Waals surface area contributed by atoms with Gasteiger partial charge in [-0.05, 0) is 27.7 Å². The highest BCUT2D eigenvalue weighted by Gasteiger charge is 2.32. The molecule has 1 atom stereocenters. The molecule has 1 saturated heterocycles. The van der Waals surface area contributed by atoms with E-state index in [2.05, 4.69) is 32.4 Å². The minimum atomic E-state index is -0.129. The number of rotatable bonds is 2. The van der Waals surface area contributed by atoms with Gasteiger partial charge in [-0.15, -0.1) is 6.58 Å². The molecule has 1 aliphatic heterocycles. The fraction of sp³-hybridized carbons (Fsp3) is 0.571. The number of nitrogens with zero attached hydrogens (tertiary/aromatic N) is 3. The normalized spacial score (nSPS) is 20.6. The fourth-order valence-corrected chi connectivity index (χ4v) is 2.29. The summed E-state index contributed by atoms with van der Waals surface area (Å²) in [5, 5.41) is 4.51. The Labute approximate surface area is 108 Å². The summed E-state index contributed by atoms with van der Waals surface area (Å²) in [6, 6.07) is 1.98. The monoisotopic (exact) mass is 247 g/mol. The molecule has 2 heterocycles. The minimum absolute atomic E-state index is 0.129. The molecule has 18 heavy (non-hydrogen) atoms. The Morgan fingerprint density at radius 2 is 2.17 bits per heavy atom. The van der Waals surface area contributed by atoms with Crippen molar-refractivity contribution < 1.29 is 4.79 Å². The van der Waals surface area contributed by atoms with Crippen LogP contribution in [0.4, 0.5) is 5.82 Å². The summed E-state index contributed by atoms with van der Waals surface area (Å²) in [6.07, 6.45) is 2.42. The lowest BCUT2D eigenvalue weighted by Crippen LogP contribution is -2.32. The van der Waals surface area contributed by atoms with Gasteiger partial charge in [-0.1, -0.05) is 6.08 Å². The Morgan fingerprint density at radius 3 is 2.67 bits per heavy atom. The van der Waals surface area contributed by atoms with Crippen molar-refractivity contribution in [1.29, 1.82) is 0 Å². The molecule has 0 bridgehead atoms. The summed E-state index contributed by atoms with van der Waals surface area (Å²) in [7, 11) is 0. The number of hydrogen-bond donors (Lipinski definition) is 0. The summed E-state index contributed by atoms with van der Waals surface area (Å²) in [6.45, 7) is 12.7. The molecule has 4 nitrogen and oxygen atoms in total. The van der Waals surface area contributed by atoms with E-state index < -0.39 is 0 Å². The van der Waals surface area contributed by atoms with Gasteiger partial charge in [-0.25, -0.2) is 4.68 Å². The van der Waals surface area contributed by atoms with E-state index in [-0.39, 0.29) is 17.4 Å².